The molecule has 100 valence electrons. The molecule has 2 rings (SSSR count). The predicted octanol–water partition coefficient (Wildman–Crippen LogP) is 1.27. The molecule has 5 nitrogen and oxygen atoms in total. The smallest absolute Gasteiger partial charge is 0.341 e. The number of carbonyl (C=O) groups excluding carboxylic acids is 1. The minimum absolute atomic E-state index is 0.304. The predicted molar refractivity (Wildman–Crippen MR) is 66.6 cm³/mol. The highest BCUT2D eigenvalue weighted by molar-refractivity contribution is 7.99. The van der Waals surface area contributed by atoms with Crippen molar-refractivity contribution in [2.75, 3.05) is 12.4 Å². The Morgan fingerprint density at radius 3 is 2.89 bits per heavy atom. The van der Waals surface area contributed by atoms with Gasteiger partial charge in [0.25, 0.3) is 0 Å². The van der Waals surface area contributed by atoms with Crippen LogP contribution in [-0.4, -0.2) is 40.8 Å². The molecular weight excluding hydrogens is 256 g/mol. The second kappa shape index (κ2) is 5.34. The highest BCUT2D eigenvalue weighted by Crippen LogP contribution is 2.41. The summed E-state index contributed by atoms with van der Waals surface area (Å²) in [5, 5.41) is 19.0. The van der Waals surface area contributed by atoms with E-state index in [0.717, 1.165) is 0 Å². The Morgan fingerprint density at radius 1 is 1.61 bits per heavy atom. The van der Waals surface area contributed by atoms with Crippen molar-refractivity contribution in [3.8, 4) is 0 Å². The quantitative estimate of drug-likeness (QED) is 0.807. The van der Waals surface area contributed by atoms with Crippen LogP contribution >= 0.6 is 11.8 Å². The molecule has 18 heavy (non-hydrogen) atoms. The van der Waals surface area contributed by atoms with E-state index in [1.165, 1.54) is 11.8 Å². The summed E-state index contributed by atoms with van der Waals surface area (Å²) >= 11 is 1.41. The van der Waals surface area contributed by atoms with Crippen LogP contribution in [0.1, 0.15) is 34.1 Å². The van der Waals surface area contributed by atoms with Crippen LogP contribution in [0.15, 0.2) is 10.5 Å². The van der Waals surface area contributed by atoms with Gasteiger partial charge in [0.2, 0.25) is 0 Å². The van der Waals surface area contributed by atoms with Crippen molar-refractivity contribution >= 4 is 17.7 Å². The van der Waals surface area contributed by atoms with Crippen molar-refractivity contribution in [3.05, 3.63) is 23.2 Å². The largest absolute Gasteiger partial charge is 0.464 e. The molecule has 2 heterocycles. The van der Waals surface area contributed by atoms with Crippen LogP contribution in [0.3, 0.4) is 0 Å². The van der Waals surface area contributed by atoms with Crippen LogP contribution in [0.5, 0.6) is 0 Å². The molecule has 1 saturated heterocycles. The van der Waals surface area contributed by atoms with Gasteiger partial charge in [-0.3, -0.25) is 0 Å². The van der Waals surface area contributed by atoms with Gasteiger partial charge >= 0.3 is 5.97 Å². The van der Waals surface area contributed by atoms with Crippen molar-refractivity contribution in [1.82, 2.24) is 0 Å². The first kappa shape index (κ1) is 13.5. The number of aliphatic hydroxyl groups is 2. The zero-order valence-corrected chi connectivity index (χ0v) is 11.1. The molecule has 0 saturated carbocycles. The van der Waals surface area contributed by atoms with E-state index in [4.69, 9.17) is 9.15 Å². The summed E-state index contributed by atoms with van der Waals surface area (Å²) in [4.78, 5) is 11.6. The monoisotopic (exact) mass is 272 g/mol. The van der Waals surface area contributed by atoms with Gasteiger partial charge in [0, 0.05) is 5.75 Å². The second-order valence-electron chi connectivity index (χ2n) is 4.15. The Hall–Kier alpha value is -0.980. The fourth-order valence-corrected chi connectivity index (χ4v) is 3.17. The Kier molecular flexibility index (Phi) is 3.99. The van der Waals surface area contributed by atoms with Crippen LogP contribution < -0.4 is 0 Å². The first-order chi connectivity index (χ1) is 8.54. The van der Waals surface area contributed by atoms with Gasteiger partial charge in [-0.15, -0.1) is 11.8 Å². The van der Waals surface area contributed by atoms with E-state index in [0.29, 0.717) is 29.4 Å². The first-order valence-corrected chi connectivity index (χ1v) is 6.84. The summed E-state index contributed by atoms with van der Waals surface area (Å²) in [6.07, 6.45) is -1.62. The number of hydrogen-bond donors (Lipinski definition) is 2. The zero-order chi connectivity index (χ0) is 13.3. The van der Waals surface area contributed by atoms with Crippen molar-refractivity contribution < 1.29 is 24.2 Å². The molecule has 1 aliphatic heterocycles. The van der Waals surface area contributed by atoms with Gasteiger partial charge in [0.15, 0.2) is 0 Å². The molecule has 1 aromatic rings. The first-order valence-electron chi connectivity index (χ1n) is 5.79. The number of carbonyl (C=O) groups is 1. The molecule has 0 radical (unpaired) electrons. The molecule has 1 aromatic heterocycles. The summed E-state index contributed by atoms with van der Waals surface area (Å²) in [5.41, 5.74) is 0.376. The number of ether oxygens (including phenoxy) is 1. The van der Waals surface area contributed by atoms with Gasteiger partial charge in [0.05, 0.1) is 24.1 Å². The van der Waals surface area contributed by atoms with E-state index in [2.05, 4.69) is 0 Å². The van der Waals surface area contributed by atoms with Crippen LogP contribution in [0, 0.1) is 6.92 Å². The maximum absolute atomic E-state index is 11.6. The van der Waals surface area contributed by atoms with E-state index >= 15 is 0 Å². The molecule has 0 spiro atoms. The third-order valence-electron chi connectivity index (χ3n) is 2.86. The number of hydrogen-bond acceptors (Lipinski definition) is 6. The molecular formula is C12H16O5S. The average Bonchev–Trinajstić information content (AvgIpc) is 2.85. The van der Waals surface area contributed by atoms with Gasteiger partial charge in [-0.2, -0.15) is 0 Å². The Balaban J connectivity index is 2.21. The maximum atomic E-state index is 11.6. The van der Waals surface area contributed by atoms with Gasteiger partial charge in [-0.1, -0.05) is 0 Å². The molecule has 0 amide bonds. The standard InChI is InChI=1S/C12H16O5S/c1-3-16-12(15)7-4-9(17-6(7)2)11-10(14)8(13)5-18-11/h4,8,10-11,13-14H,3,5H2,1-2H3/t8-,10-,11-/m1/s1. The fourth-order valence-electron chi connectivity index (χ4n) is 1.91. The van der Waals surface area contributed by atoms with Crippen LogP contribution in [0.2, 0.25) is 0 Å². The molecule has 1 aliphatic rings. The van der Waals surface area contributed by atoms with E-state index < -0.39 is 18.2 Å². The average molecular weight is 272 g/mol. The minimum atomic E-state index is -0.865. The number of aliphatic hydroxyl groups excluding tert-OH is 2. The van der Waals surface area contributed by atoms with Crippen molar-refractivity contribution in [1.29, 1.82) is 0 Å². The molecule has 2 N–H and O–H groups in total. The SMILES string of the molecule is CCOC(=O)c1cc([C@H]2SC[C@@H](O)[C@H]2O)oc1C. The molecule has 0 bridgehead atoms. The molecule has 0 aliphatic carbocycles. The van der Waals surface area contributed by atoms with Crippen LogP contribution in [-0.2, 0) is 4.74 Å². The summed E-state index contributed by atoms with van der Waals surface area (Å²) in [6.45, 7) is 3.72. The number of aryl methyl sites for hydroxylation is 1. The highest BCUT2D eigenvalue weighted by atomic mass is 32.2. The van der Waals surface area contributed by atoms with Crippen LogP contribution in [0.25, 0.3) is 0 Å². The second-order valence-corrected chi connectivity index (χ2v) is 5.33. The van der Waals surface area contributed by atoms with Crippen molar-refractivity contribution in [2.45, 2.75) is 31.3 Å². The van der Waals surface area contributed by atoms with E-state index in [1.54, 1.807) is 19.9 Å². The third kappa shape index (κ3) is 2.41. The number of furan rings is 1. The topological polar surface area (TPSA) is 79.9 Å². The van der Waals surface area contributed by atoms with E-state index in [9.17, 15) is 15.0 Å². The normalized spacial score (nSPS) is 27.4. The molecule has 3 atom stereocenters. The van der Waals surface area contributed by atoms with Gasteiger partial charge < -0.3 is 19.4 Å². The Labute approximate surface area is 109 Å². The van der Waals surface area contributed by atoms with Gasteiger partial charge in [0.1, 0.15) is 17.1 Å². The van der Waals surface area contributed by atoms with E-state index in [-0.39, 0.29) is 5.25 Å². The lowest BCUT2D eigenvalue weighted by Crippen LogP contribution is -2.24. The van der Waals surface area contributed by atoms with Crippen LogP contribution in [0.4, 0.5) is 0 Å². The lowest BCUT2D eigenvalue weighted by molar-refractivity contribution is 0.0386. The van der Waals surface area contributed by atoms with E-state index in [1.807, 2.05) is 0 Å². The summed E-state index contributed by atoms with van der Waals surface area (Å²) in [7, 11) is 0. The lowest BCUT2D eigenvalue weighted by atomic mass is 10.1. The summed E-state index contributed by atoms with van der Waals surface area (Å²) in [5.74, 6) is 1.01. The lowest BCUT2D eigenvalue weighted by Gasteiger charge is -2.12. The number of esters is 1. The molecule has 6 heteroatoms. The third-order valence-corrected chi connectivity index (χ3v) is 4.27. The highest BCUT2D eigenvalue weighted by Gasteiger charge is 2.38. The van der Waals surface area contributed by atoms with Gasteiger partial charge in [-0.05, 0) is 19.9 Å². The molecule has 0 aromatic carbocycles. The van der Waals surface area contributed by atoms with Gasteiger partial charge in [-0.25, -0.2) is 4.79 Å². The van der Waals surface area contributed by atoms with Crippen molar-refractivity contribution in [3.63, 3.8) is 0 Å². The number of thioether (sulfide) groups is 1. The van der Waals surface area contributed by atoms with Crippen molar-refractivity contribution in [2.24, 2.45) is 0 Å². The minimum Gasteiger partial charge on any atom is -0.464 e. The molecule has 1 fully saturated rings. The molecule has 0 unspecified atom stereocenters. The summed E-state index contributed by atoms with van der Waals surface area (Å²) < 4.78 is 10.4. The Bertz CT molecular complexity index is 442. The summed E-state index contributed by atoms with van der Waals surface area (Å²) in [6, 6.07) is 1.59. The fraction of sp³-hybridized carbons (Fsp3) is 0.583. The number of rotatable bonds is 3. The maximum Gasteiger partial charge on any atom is 0.341 e. The zero-order valence-electron chi connectivity index (χ0n) is 10.3. The Morgan fingerprint density at radius 2 is 2.33 bits per heavy atom.